The van der Waals surface area contributed by atoms with Gasteiger partial charge < -0.3 is 4.57 Å². The fourth-order valence-corrected chi connectivity index (χ4v) is 4.36. The maximum Gasteiger partial charge on any atom is 0.109 e. The maximum atomic E-state index is 6.21. The van der Waals surface area contributed by atoms with Crippen molar-refractivity contribution in [1.82, 2.24) is 14.5 Å². The standard InChI is InChI=1S/C19H14ClN3S/c20-14-4-1-3-12(9-14)18-19(23-8-2-5-17(23)22-18)13-6-7-15-16(10-13)24-11-21-15/h1,3-4,6-7,9-11H,2,5,8H2. The van der Waals surface area contributed by atoms with Gasteiger partial charge in [0, 0.05) is 29.1 Å². The van der Waals surface area contributed by atoms with E-state index in [1.807, 2.05) is 23.7 Å². The quantitative estimate of drug-likeness (QED) is 0.482. The molecule has 0 N–H and O–H groups in total. The first-order valence-corrected chi connectivity index (χ1v) is 9.24. The Kier molecular flexibility index (Phi) is 3.21. The van der Waals surface area contributed by atoms with Crippen molar-refractivity contribution in [3.05, 3.63) is 58.8 Å². The SMILES string of the molecule is Clc1cccc(-c2nc3n(c2-c2ccc4ncsc4c2)CCC3)c1. The van der Waals surface area contributed by atoms with Gasteiger partial charge in [-0.25, -0.2) is 9.97 Å². The molecule has 1 aliphatic heterocycles. The number of thiazole rings is 1. The van der Waals surface area contributed by atoms with E-state index in [1.54, 1.807) is 11.3 Å². The Morgan fingerprint density at radius 1 is 1.08 bits per heavy atom. The van der Waals surface area contributed by atoms with E-state index in [1.165, 1.54) is 21.8 Å². The molecule has 0 fully saturated rings. The van der Waals surface area contributed by atoms with Crippen LogP contribution < -0.4 is 0 Å². The van der Waals surface area contributed by atoms with Gasteiger partial charge in [-0.05, 0) is 30.7 Å². The average molecular weight is 352 g/mol. The first-order valence-electron chi connectivity index (χ1n) is 7.98. The lowest BCUT2D eigenvalue weighted by Gasteiger charge is -2.09. The van der Waals surface area contributed by atoms with Crippen molar-refractivity contribution in [2.45, 2.75) is 19.4 Å². The topological polar surface area (TPSA) is 30.7 Å². The number of hydrogen-bond acceptors (Lipinski definition) is 3. The molecule has 0 aliphatic carbocycles. The minimum atomic E-state index is 0.740. The summed E-state index contributed by atoms with van der Waals surface area (Å²) in [5.74, 6) is 1.17. The molecular formula is C19H14ClN3S. The largest absolute Gasteiger partial charge is 0.327 e. The number of nitrogens with zero attached hydrogens (tertiary/aromatic N) is 3. The van der Waals surface area contributed by atoms with Crippen molar-refractivity contribution in [1.29, 1.82) is 0 Å². The second kappa shape index (κ2) is 5.43. The number of aryl methyl sites for hydroxylation is 1. The number of halogens is 1. The van der Waals surface area contributed by atoms with E-state index in [0.717, 1.165) is 41.2 Å². The lowest BCUT2D eigenvalue weighted by atomic mass is 10.0. The highest BCUT2D eigenvalue weighted by Crippen LogP contribution is 2.37. The monoisotopic (exact) mass is 351 g/mol. The molecule has 0 bridgehead atoms. The van der Waals surface area contributed by atoms with Crippen LogP contribution in [0.2, 0.25) is 5.02 Å². The summed E-state index contributed by atoms with van der Waals surface area (Å²) in [6.07, 6.45) is 2.20. The van der Waals surface area contributed by atoms with Crippen molar-refractivity contribution in [3.63, 3.8) is 0 Å². The van der Waals surface area contributed by atoms with Gasteiger partial charge in [0.25, 0.3) is 0 Å². The third-order valence-corrected chi connectivity index (χ3v) is 5.56. The molecule has 0 radical (unpaired) electrons. The first kappa shape index (κ1) is 14.2. The average Bonchev–Trinajstić information content (AvgIpc) is 3.29. The van der Waals surface area contributed by atoms with Crippen LogP contribution in [0.25, 0.3) is 32.7 Å². The second-order valence-electron chi connectivity index (χ2n) is 6.03. The molecule has 1 aliphatic rings. The Hall–Kier alpha value is -2.17. The van der Waals surface area contributed by atoms with E-state index in [4.69, 9.17) is 16.6 Å². The third kappa shape index (κ3) is 2.18. The maximum absolute atomic E-state index is 6.21. The van der Waals surface area contributed by atoms with Gasteiger partial charge in [-0.2, -0.15) is 0 Å². The molecule has 0 spiro atoms. The van der Waals surface area contributed by atoms with Gasteiger partial charge in [0.05, 0.1) is 27.1 Å². The summed E-state index contributed by atoms with van der Waals surface area (Å²) in [5.41, 5.74) is 7.43. The summed E-state index contributed by atoms with van der Waals surface area (Å²) in [6.45, 7) is 1.03. The Balaban J connectivity index is 1.77. The molecule has 5 heteroatoms. The van der Waals surface area contributed by atoms with Crippen LogP contribution in [0.1, 0.15) is 12.2 Å². The zero-order valence-corrected chi connectivity index (χ0v) is 14.4. The van der Waals surface area contributed by atoms with Gasteiger partial charge in [0.2, 0.25) is 0 Å². The van der Waals surface area contributed by atoms with Crippen LogP contribution in [-0.2, 0) is 13.0 Å². The van der Waals surface area contributed by atoms with Crippen LogP contribution in [0.3, 0.4) is 0 Å². The summed E-state index contributed by atoms with van der Waals surface area (Å²) in [4.78, 5) is 9.32. The molecule has 5 rings (SSSR count). The predicted octanol–water partition coefficient (Wildman–Crippen LogP) is 5.43. The summed E-state index contributed by atoms with van der Waals surface area (Å²) in [6, 6.07) is 14.4. The minimum absolute atomic E-state index is 0.740. The highest BCUT2D eigenvalue weighted by molar-refractivity contribution is 7.16. The smallest absolute Gasteiger partial charge is 0.109 e. The molecule has 0 atom stereocenters. The van der Waals surface area contributed by atoms with Gasteiger partial charge in [0.1, 0.15) is 5.82 Å². The van der Waals surface area contributed by atoms with Gasteiger partial charge in [0.15, 0.2) is 0 Å². The number of hydrogen-bond donors (Lipinski definition) is 0. The van der Waals surface area contributed by atoms with Crippen LogP contribution in [0, 0.1) is 0 Å². The number of aromatic nitrogens is 3. The number of rotatable bonds is 2. The van der Waals surface area contributed by atoms with Crippen LogP contribution in [0.15, 0.2) is 48.0 Å². The highest BCUT2D eigenvalue weighted by Gasteiger charge is 2.23. The molecule has 3 heterocycles. The first-order chi connectivity index (χ1) is 11.8. The molecule has 0 amide bonds. The molecule has 24 heavy (non-hydrogen) atoms. The Morgan fingerprint density at radius 2 is 2.04 bits per heavy atom. The highest BCUT2D eigenvalue weighted by atomic mass is 35.5. The fraction of sp³-hybridized carbons (Fsp3) is 0.158. The molecular weight excluding hydrogens is 338 g/mol. The zero-order valence-electron chi connectivity index (χ0n) is 12.9. The van der Waals surface area contributed by atoms with Crippen LogP contribution >= 0.6 is 22.9 Å². The lowest BCUT2D eigenvalue weighted by molar-refractivity contribution is 0.756. The van der Waals surface area contributed by atoms with Gasteiger partial charge >= 0.3 is 0 Å². The van der Waals surface area contributed by atoms with Crippen LogP contribution in [0.4, 0.5) is 0 Å². The van der Waals surface area contributed by atoms with Crippen molar-refractivity contribution in [2.75, 3.05) is 0 Å². The Bertz CT molecular complexity index is 1060. The van der Waals surface area contributed by atoms with E-state index in [0.29, 0.717) is 0 Å². The molecule has 4 aromatic rings. The molecule has 118 valence electrons. The Morgan fingerprint density at radius 3 is 2.96 bits per heavy atom. The molecule has 0 unspecified atom stereocenters. The second-order valence-corrected chi connectivity index (χ2v) is 7.35. The lowest BCUT2D eigenvalue weighted by Crippen LogP contribution is -1.96. The van der Waals surface area contributed by atoms with Crippen LogP contribution in [-0.4, -0.2) is 14.5 Å². The van der Waals surface area contributed by atoms with Crippen molar-refractivity contribution in [2.24, 2.45) is 0 Å². The summed E-state index contributed by atoms with van der Waals surface area (Å²) in [7, 11) is 0. The molecule has 0 saturated heterocycles. The van der Waals surface area contributed by atoms with Crippen molar-refractivity contribution >= 4 is 33.2 Å². The van der Waals surface area contributed by atoms with E-state index < -0.39 is 0 Å². The zero-order chi connectivity index (χ0) is 16.1. The van der Waals surface area contributed by atoms with Gasteiger partial charge in [-0.3, -0.25) is 0 Å². The van der Waals surface area contributed by atoms with Gasteiger partial charge in [-0.1, -0.05) is 29.8 Å². The van der Waals surface area contributed by atoms with Crippen molar-refractivity contribution < 1.29 is 0 Å². The summed E-state index contributed by atoms with van der Waals surface area (Å²) < 4.78 is 3.57. The summed E-state index contributed by atoms with van der Waals surface area (Å²) >= 11 is 7.88. The number of benzene rings is 2. The molecule has 2 aromatic heterocycles. The predicted molar refractivity (Wildman–Crippen MR) is 99.6 cm³/mol. The van der Waals surface area contributed by atoms with Crippen molar-refractivity contribution in [3.8, 4) is 22.5 Å². The van der Waals surface area contributed by atoms with Crippen LogP contribution in [0.5, 0.6) is 0 Å². The summed E-state index contributed by atoms with van der Waals surface area (Å²) in [5, 5.41) is 0.740. The molecule has 2 aromatic carbocycles. The van der Waals surface area contributed by atoms with E-state index >= 15 is 0 Å². The molecule has 3 nitrogen and oxygen atoms in total. The van der Waals surface area contributed by atoms with E-state index in [2.05, 4.69) is 33.8 Å². The van der Waals surface area contributed by atoms with E-state index in [9.17, 15) is 0 Å². The fourth-order valence-electron chi connectivity index (χ4n) is 3.46. The Labute approximate surface area is 148 Å². The molecule has 0 saturated carbocycles. The number of imidazole rings is 1. The third-order valence-electron chi connectivity index (χ3n) is 4.53. The van der Waals surface area contributed by atoms with Gasteiger partial charge in [-0.15, -0.1) is 11.3 Å². The normalized spacial score (nSPS) is 13.5. The minimum Gasteiger partial charge on any atom is -0.327 e. The van der Waals surface area contributed by atoms with E-state index in [-0.39, 0.29) is 0 Å². The number of fused-ring (bicyclic) bond motifs is 2.